The number of halogens is 1. The molecular formula is C14H16ClN3. The van der Waals surface area contributed by atoms with Crippen molar-refractivity contribution < 1.29 is 0 Å². The van der Waals surface area contributed by atoms with E-state index in [1.54, 1.807) is 12.4 Å². The van der Waals surface area contributed by atoms with Gasteiger partial charge in [-0.3, -0.25) is 0 Å². The smallest absolute Gasteiger partial charge is 0.222 e. The van der Waals surface area contributed by atoms with Crippen LogP contribution in [0.1, 0.15) is 24.8 Å². The van der Waals surface area contributed by atoms with Gasteiger partial charge in [-0.15, -0.1) is 0 Å². The summed E-state index contributed by atoms with van der Waals surface area (Å²) in [6, 6.07) is 10.5. The molecule has 0 spiro atoms. The van der Waals surface area contributed by atoms with E-state index in [1.165, 1.54) is 5.56 Å². The molecule has 0 aliphatic rings. The third kappa shape index (κ3) is 3.70. The van der Waals surface area contributed by atoms with Crippen molar-refractivity contribution in [2.75, 3.05) is 11.9 Å². The second kappa shape index (κ2) is 6.36. The molecule has 18 heavy (non-hydrogen) atoms. The molecule has 1 aromatic heterocycles. The first-order chi connectivity index (χ1) is 8.75. The van der Waals surface area contributed by atoms with Gasteiger partial charge < -0.3 is 5.32 Å². The first kappa shape index (κ1) is 12.8. The van der Waals surface area contributed by atoms with Gasteiger partial charge in [0.05, 0.1) is 17.4 Å². The SMILES string of the molecule is CC(CCNc1ncc(Cl)cn1)c1ccccc1. The standard InChI is InChI=1S/C14H16ClN3/c1-11(12-5-3-2-4-6-12)7-8-16-14-17-9-13(15)10-18-14/h2-6,9-11H,7-8H2,1H3,(H,16,17,18). The lowest BCUT2D eigenvalue weighted by Gasteiger charge is -2.12. The van der Waals surface area contributed by atoms with Gasteiger partial charge in [-0.05, 0) is 17.9 Å². The Morgan fingerprint density at radius 1 is 1.17 bits per heavy atom. The maximum absolute atomic E-state index is 5.72. The highest BCUT2D eigenvalue weighted by Gasteiger charge is 2.04. The lowest BCUT2D eigenvalue weighted by atomic mass is 9.98. The molecule has 3 nitrogen and oxygen atoms in total. The third-order valence-electron chi connectivity index (χ3n) is 2.85. The zero-order valence-corrected chi connectivity index (χ0v) is 11.1. The highest BCUT2D eigenvalue weighted by Crippen LogP contribution is 2.18. The topological polar surface area (TPSA) is 37.8 Å². The maximum Gasteiger partial charge on any atom is 0.222 e. The first-order valence-electron chi connectivity index (χ1n) is 6.02. The molecule has 0 saturated heterocycles. The number of nitrogens with zero attached hydrogens (tertiary/aromatic N) is 2. The van der Waals surface area contributed by atoms with Crippen LogP contribution < -0.4 is 5.32 Å². The summed E-state index contributed by atoms with van der Waals surface area (Å²) in [5.74, 6) is 1.14. The van der Waals surface area contributed by atoms with Crippen molar-refractivity contribution >= 4 is 17.5 Å². The zero-order chi connectivity index (χ0) is 12.8. The van der Waals surface area contributed by atoms with Crippen LogP contribution in [0.4, 0.5) is 5.95 Å². The molecule has 1 N–H and O–H groups in total. The van der Waals surface area contributed by atoms with E-state index in [2.05, 4.69) is 46.5 Å². The Kier molecular flexibility index (Phi) is 4.53. The summed E-state index contributed by atoms with van der Waals surface area (Å²) in [5.41, 5.74) is 1.36. The Morgan fingerprint density at radius 2 is 1.83 bits per heavy atom. The van der Waals surface area contributed by atoms with E-state index in [4.69, 9.17) is 11.6 Å². The molecule has 2 rings (SSSR count). The minimum atomic E-state index is 0.519. The highest BCUT2D eigenvalue weighted by molar-refractivity contribution is 6.30. The van der Waals surface area contributed by atoms with E-state index in [1.807, 2.05) is 6.07 Å². The fraction of sp³-hybridized carbons (Fsp3) is 0.286. The number of hydrogen-bond acceptors (Lipinski definition) is 3. The van der Waals surface area contributed by atoms with E-state index < -0.39 is 0 Å². The third-order valence-corrected chi connectivity index (χ3v) is 3.04. The van der Waals surface area contributed by atoms with Crippen molar-refractivity contribution in [3.8, 4) is 0 Å². The molecule has 0 amide bonds. The minimum absolute atomic E-state index is 0.519. The Morgan fingerprint density at radius 3 is 2.50 bits per heavy atom. The van der Waals surface area contributed by atoms with Crippen molar-refractivity contribution in [1.29, 1.82) is 0 Å². The largest absolute Gasteiger partial charge is 0.354 e. The molecular weight excluding hydrogens is 246 g/mol. The van der Waals surface area contributed by atoms with Crippen LogP contribution in [0.5, 0.6) is 0 Å². The number of nitrogens with one attached hydrogen (secondary N) is 1. The summed E-state index contributed by atoms with van der Waals surface area (Å²) >= 11 is 5.72. The number of rotatable bonds is 5. The summed E-state index contributed by atoms with van der Waals surface area (Å²) < 4.78 is 0. The number of anilines is 1. The molecule has 94 valence electrons. The van der Waals surface area contributed by atoms with Crippen LogP contribution in [0.15, 0.2) is 42.7 Å². The number of hydrogen-bond donors (Lipinski definition) is 1. The van der Waals surface area contributed by atoms with Crippen molar-refractivity contribution in [3.05, 3.63) is 53.3 Å². The average molecular weight is 262 g/mol. The minimum Gasteiger partial charge on any atom is -0.354 e. The quantitative estimate of drug-likeness (QED) is 0.891. The fourth-order valence-corrected chi connectivity index (χ4v) is 1.85. The van der Waals surface area contributed by atoms with Gasteiger partial charge in [0.15, 0.2) is 0 Å². The van der Waals surface area contributed by atoms with Gasteiger partial charge in [0, 0.05) is 6.54 Å². The molecule has 0 aliphatic carbocycles. The van der Waals surface area contributed by atoms with Crippen molar-refractivity contribution in [1.82, 2.24) is 9.97 Å². The summed E-state index contributed by atoms with van der Waals surface area (Å²) in [7, 11) is 0. The Hall–Kier alpha value is -1.61. The van der Waals surface area contributed by atoms with E-state index in [0.29, 0.717) is 16.9 Å². The van der Waals surface area contributed by atoms with Gasteiger partial charge in [0.25, 0.3) is 0 Å². The Labute approximate surface area is 112 Å². The zero-order valence-electron chi connectivity index (χ0n) is 10.3. The predicted octanol–water partition coefficient (Wildman–Crippen LogP) is 3.74. The molecule has 0 saturated carbocycles. The monoisotopic (exact) mass is 261 g/mol. The molecule has 4 heteroatoms. The molecule has 0 radical (unpaired) electrons. The van der Waals surface area contributed by atoms with Crippen LogP contribution in [0.3, 0.4) is 0 Å². The molecule has 1 aromatic carbocycles. The van der Waals surface area contributed by atoms with E-state index >= 15 is 0 Å². The van der Waals surface area contributed by atoms with Crippen LogP contribution >= 0.6 is 11.6 Å². The van der Waals surface area contributed by atoms with Crippen LogP contribution in [0, 0.1) is 0 Å². The van der Waals surface area contributed by atoms with Gasteiger partial charge in [0.1, 0.15) is 0 Å². The predicted molar refractivity (Wildman–Crippen MR) is 75.0 cm³/mol. The molecule has 0 fully saturated rings. The summed E-state index contributed by atoms with van der Waals surface area (Å²) in [6.45, 7) is 3.07. The molecule has 1 heterocycles. The number of benzene rings is 1. The van der Waals surface area contributed by atoms with Crippen LogP contribution in [0.25, 0.3) is 0 Å². The summed E-state index contributed by atoms with van der Waals surface area (Å²) in [4.78, 5) is 8.19. The van der Waals surface area contributed by atoms with Gasteiger partial charge in [-0.25, -0.2) is 9.97 Å². The van der Waals surface area contributed by atoms with E-state index in [9.17, 15) is 0 Å². The van der Waals surface area contributed by atoms with E-state index in [0.717, 1.165) is 13.0 Å². The van der Waals surface area contributed by atoms with Gasteiger partial charge in [-0.2, -0.15) is 0 Å². The highest BCUT2D eigenvalue weighted by atomic mass is 35.5. The van der Waals surface area contributed by atoms with Crippen LogP contribution in [0.2, 0.25) is 5.02 Å². The van der Waals surface area contributed by atoms with Crippen molar-refractivity contribution in [3.63, 3.8) is 0 Å². The summed E-state index contributed by atoms with van der Waals surface area (Å²) in [6.07, 6.45) is 4.23. The maximum atomic E-state index is 5.72. The lowest BCUT2D eigenvalue weighted by molar-refractivity contribution is 0.703. The molecule has 2 aromatic rings. The van der Waals surface area contributed by atoms with Gasteiger partial charge in [-0.1, -0.05) is 48.9 Å². The van der Waals surface area contributed by atoms with Crippen molar-refractivity contribution in [2.45, 2.75) is 19.3 Å². The fourth-order valence-electron chi connectivity index (χ4n) is 1.75. The molecule has 1 unspecified atom stereocenters. The Bertz CT molecular complexity index is 470. The lowest BCUT2D eigenvalue weighted by Crippen LogP contribution is -2.08. The second-order valence-electron chi connectivity index (χ2n) is 4.25. The normalized spacial score (nSPS) is 12.1. The van der Waals surface area contributed by atoms with Gasteiger partial charge in [0.2, 0.25) is 5.95 Å². The average Bonchev–Trinajstić information content (AvgIpc) is 2.42. The van der Waals surface area contributed by atoms with E-state index in [-0.39, 0.29) is 0 Å². The number of aromatic nitrogens is 2. The second-order valence-corrected chi connectivity index (χ2v) is 4.69. The summed E-state index contributed by atoms with van der Waals surface area (Å²) in [5, 5.41) is 3.75. The molecule has 0 bridgehead atoms. The van der Waals surface area contributed by atoms with Crippen LogP contribution in [-0.2, 0) is 0 Å². The molecule has 1 atom stereocenters. The Balaban J connectivity index is 1.80. The first-order valence-corrected chi connectivity index (χ1v) is 6.40. The van der Waals surface area contributed by atoms with Crippen molar-refractivity contribution in [2.24, 2.45) is 0 Å². The van der Waals surface area contributed by atoms with Crippen LogP contribution in [-0.4, -0.2) is 16.5 Å². The van der Waals surface area contributed by atoms with Gasteiger partial charge >= 0.3 is 0 Å². The molecule has 0 aliphatic heterocycles.